The summed E-state index contributed by atoms with van der Waals surface area (Å²) in [5, 5.41) is 5.08. The molecule has 0 aliphatic carbocycles. The Labute approximate surface area is 144 Å². The van der Waals surface area contributed by atoms with Gasteiger partial charge in [0, 0.05) is 0 Å². The topological polar surface area (TPSA) is 84.5 Å². The molecule has 3 rings (SSSR count). The Bertz CT molecular complexity index is 846. The molecule has 0 radical (unpaired) electrons. The number of benzene rings is 2. The van der Waals surface area contributed by atoms with Crippen molar-refractivity contribution in [3.63, 3.8) is 0 Å². The zero-order chi connectivity index (χ0) is 17.8. The van der Waals surface area contributed by atoms with Gasteiger partial charge in [0.05, 0.1) is 23.4 Å². The lowest BCUT2D eigenvalue weighted by Gasteiger charge is -2.15. The molecule has 6 heteroatoms. The van der Waals surface area contributed by atoms with Crippen molar-refractivity contribution in [1.82, 2.24) is 5.32 Å². The molecule has 1 aliphatic rings. The fraction of sp³-hybridized carbons (Fsp3) is 0.105. The van der Waals surface area contributed by atoms with Crippen molar-refractivity contribution in [3.8, 4) is 0 Å². The van der Waals surface area contributed by atoms with E-state index in [9.17, 15) is 14.4 Å². The Kier molecular flexibility index (Phi) is 4.61. The summed E-state index contributed by atoms with van der Waals surface area (Å²) in [4.78, 5) is 36.0. The third-order valence-electron chi connectivity index (χ3n) is 3.76. The van der Waals surface area contributed by atoms with Gasteiger partial charge in [-0.1, -0.05) is 36.9 Å². The summed E-state index contributed by atoms with van der Waals surface area (Å²) in [5.41, 5.74) is 1.61. The molecule has 126 valence electrons. The zero-order valence-corrected chi connectivity index (χ0v) is 13.3. The fourth-order valence-electron chi connectivity index (χ4n) is 2.50. The molecule has 0 spiro atoms. The SMILES string of the molecule is C=CC(OC(=O)c1ccc2c(c1)NC(=O)CNC2=O)c1ccccc1. The van der Waals surface area contributed by atoms with Gasteiger partial charge in [0.1, 0.15) is 6.10 Å². The van der Waals surface area contributed by atoms with Gasteiger partial charge in [-0.3, -0.25) is 9.59 Å². The van der Waals surface area contributed by atoms with Crippen molar-refractivity contribution in [2.75, 3.05) is 11.9 Å². The smallest absolute Gasteiger partial charge is 0.339 e. The lowest BCUT2D eigenvalue weighted by Crippen LogP contribution is -2.28. The quantitative estimate of drug-likeness (QED) is 0.663. The number of fused-ring (bicyclic) bond motifs is 1. The Morgan fingerprint density at radius 2 is 1.92 bits per heavy atom. The van der Waals surface area contributed by atoms with Crippen LogP contribution in [0.1, 0.15) is 32.4 Å². The molecule has 0 saturated carbocycles. The Hall–Kier alpha value is -3.41. The Morgan fingerprint density at radius 3 is 2.64 bits per heavy atom. The van der Waals surface area contributed by atoms with Crippen LogP contribution in [0.2, 0.25) is 0 Å². The number of hydrogen-bond donors (Lipinski definition) is 2. The van der Waals surface area contributed by atoms with Gasteiger partial charge in [-0.15, -0.1) is 0 Å². The predicted molar refractivity (Wildman–Crippen MR) is 92.2 cm³/mol. The van der Waals surface area contributed by atoms with Gasteiger partial charge in [-0.05, 0) is 29.8 Å². The maximum atomic E-state index is 12.4. The molecule has 2 aromatic carbocycles. The predicted octanol–water partition coefficient (Wildman–Crippen LogP) is 2.45. The van der Waals surface area contributed by atoms with Crippen LogP contribution in [0, 0.1) is 0 Å². The van der Waals surface area contributed by atoms with Crippen LogP contribution in [0.3, 0.4) is 0 Å². The van der Waals surface area contributed by atoms with Crippen LogP contribution in [0.4, 0.5) is 5.69 Å². The highest BCUT2D eigenvalue weighted by atomic mass is 16.5. The van der Waals surface area contributed by atoms with E-state index in [1.807, 2.05) is 30.3 Å². The summed E-state index contributed by atoms with van der Waals surface area (Å²) in [6.07, 6.45) is 0.941. The average molecular weight is 336 g/mol. The summed E-state index contributed by atoms with van der Waals surface area (Å²) < 4.78 is 5.48. The number of carbonyl (C=O) groups is 3. The highest BCUT2D eigenvalue weighted by molar-refractivity contribution is 6.09. The number of amides is 2. The van der Waals surface area contributed by atoms with E-state index in [1.165, 1.54) is 24.3 Å². The summed E-state index contributed by atoms with van der Waals surface area (Å²) >= 11 is 0. The third kappa shape index (κ3) is 3.58. The van der Waals surface area contributed by atoms with Crippen molar-refractivity contribution >= 4 is 23.5 Å². The largest absolute Gasteiger partial charge is 0.450 e. The van der Waals surface area contributed by atoms with Gasteiger partial charge < -0.3 is 15.4 Å². The highest BCUT2D eigenvalue weighted by Gasteiger charge is 2.22. The minimum absolute atomic E-state index is 0.111. The van der Waals surface area contributed by atoms with E-state index in [4.69, 9.17) is 4.74 Å². The van der Waals surface area contributed by atoms with Crippen molar-refractivity contribution in [1.29, 1.82) is 0 Å². The molecule has 1 aliphatic heterocycles. The van der Waals surface area contributed by atoms with E-state index in [1.54, 1.807) is 0 Å². The second-order valence-electron chi connectivity index (χ2n) is 5.46. The first kappa shape index (κ1) is 16.4. The second-order valence-corrected chi connectivity index (χ2v) is 5.46. The fourth-order valence-corrected chi connectivity index (χ4v) is 2.50. The van der Waals surface area contributed by atoms with Crippen LogP contribution in [0.25, 0.3) is 0 Å². The van der Waals surface area contributed by atoms with E-state index < -0.39 is 12.1 Å². The molecule has 25 heavy (non-hydrogen) atoms. The molecule has 1 unspecified atom stereocenters. The molecular formula is C19H16N2O4. The lowest BCUT2D eigenvalue weighted by atomic mass is 10.1. The highest BCUT2D eigenvalue weighted by Crippen LogP contribution is 2.23. The molecule has 2 N–H and O–H groups in total. The summed E-state index contributed by atoms with van der Waals surface area (Å²) in [7, 11) is 0. The van der Waals surface area contributed by atoms with Gasteiger partial charge in [-0.2, -0.15) is 0 Å². The molecular weight excluding hydrogens is 320 g/mol. The molecule has 0 fully saturated rings. The lowest BCUT2D eigenvalue weighted by molar-refractivity contribution is -0.115. The number of esters is 1. The first-order valence-electron chi connectivity index (χ1n) is 7.69. The number of rotatable bonds is 4. The van der Waals surface area contributed by atoms with Crippen LogP contribution in [0.15, 0.2) is 61.2 Å². The van der Waals surface area contributed by atoms with E-state index in [0.29, 0.717) is 5.56 Å². The number of anilines is 1. The summed E-state index contributed by atoms with van der Waals surface area (Å²) in [6.45, 7) is 3.59. The summed E-state index contributed by atoms with van der Waals surface area (Å²) in [6, 6.07) is 13.6. The molecule has 2 amide bonds. The van der Waals surface area contributed by atoms with Crippen LogP contribution < -0.4 is 10.6 Å². The van der Waals surface area contributed by atoms with Crippen LogP contribution in [0.5, 0.6) is 0 Å². The van der Waals surface area contributed by atoms with Crippen molar-refractivity contribution in [3.05, 3.63) is 77.9 Å². The maximum Gasteiger partial charge on any atom is 0.339 e. The zero-order valence-electron chi connectivity index (χ0n) is 13.3. The average Bonchev–Trinajstić information content (AvgIpc) is 2.78. The van der Waals surface area contributed by atoms with Crippen molar-refractivity contribution in [2.24, 2.45) is 0 Å². The first-order chi connectivity index (χ1) is 12.1. The van der Waals surface area contributed by atoms with Gasteiger partial charge in [0.25, 0.3) is 5.91 Å². The van der Waals surface area contributed by atoms with E-state index >= 15 is 0 Å². The minimum Gasteiger partial charge on any atom is -0.450 e. The molecule has 0 bridgehead atoms. The monoisotopic (exact) mass is 336 g/mol. The molecule has 1 heterocycles. The molecule has 6 nitrogen and oxygen atoms in total. The van der Waals surface area contributed by atoms with Gasteiger partial charge >= 0.3 is 5.97 Å². The maximum absolute atomic E-state index is 12.4. The number of nitrogens with one attached hydrogen (secondary N) is 2. The standard InChI is InChI=1S/C19H16N2O4/c1-2-16(12-6-4-3-5-7-12)25-19(24)13-8-9-14-15(10-13)21-17(22)11-20-18(14)23/h2-10,16H,1,11H2,(H,20,23)(H,21,22). The Morgan fingerprint density at radius 1 is 1.16 bits per heavy atom. The Balaban J connectivity index is 1.84. The summed E-state index contributed by atoms with van der Waals surface area (Å²) in [5.74, 6) is -1.30. The van der Waals surface area contributed by atoms with Crippen molar-refractivity contribution in [2.45, 2.75) is 6.10 Å². The first-order valence-corrected chi connectivity index (χ1v) is 7.69. The van der Waals surface area contributed by atoms with Gasteiger partial charge in [0.15, 0.2) is 0 Å². The van der Waals surface area contributed by atoms with Crippen LogP contribution in [-0.4, -0.2) is 24.3 Å². The van der Waals surface area contributed by atoms with Gasteiger partial charge in [-0.25, -0.2) is 4.79 Å². The molecule has 0 aromatic heterocycles. The third-order valence-corrected chi connectivity index (χ3v) is 3.76. The van der Waals surface area contributed by atoms with Crippen molar-refractivity contribution < 1.29 is 19.1 Å². The second kappa shape index (κ2) is 7.00. The van der Waals surface area contributed by atoms with Crippen LogP contribution >= 0.6 is 0 Å². The van der Waals surface area contributed by atoms with E-state index in [-0.39, 0.29) is 29.6 Å². The molecule has 2 aromatic rings. The number of ether oxygens (including phenoxy) is 1. The van der Waals surface area contributed by atoms with E-state index in [0.717, 1.165) is 5.56 Å². The minimum atomic E-state index is -0.592. The van der Waals surface area contributed by atoms with Gasteiger partial charge in [0.2, 0.25) is 5.91 Å². The van der Waals surface area contributed by atoms with Crippen LogP contribution in [-0.2, 0) is 9.53 Å². The number of hydrogen-bond acceptors (Lipinski definition) is 4. The molecule has 1 atom stereocenters. The number of carbonyl (C=O) groups excluding carboxylic acids is 3. The molecule has 0 saturated heterocycles. The normalized spacial score (nSPS) is 14.4. The van der Waals surface area contributed by atoms with E-state index in [2.05, 4.69) is 17.2 Å².